The van der Waals surface area contributed by atoms with Crippen LogP contribution in [-0.4, -0.2) is 34.0 Å². The van der Waals surface area contributed by atoms with Gasteiger partial charge in [-0.1, -0.05) is 26.7 Å². The van der Waals surface area contributed by atoms with E-state index in [-0.39, 0.29) is 23.9 Å². The van der Waals surface area contributed by atoms with E-state index in [1.54, 1.807) is 0 Å². The van der Waals surface area contributed by atoms with E-state index in [0.29, 0.717) is 6.42 Å². The second-order valence-electron chi connectivity index (χ2n) is 6.10. The minimum atomic E-state index is -0.809. The van der Waals surface area contributed by atoms with Crippen molar-refractivity contribution < 1.29 is 14.7 Å². The standard InChI is InChI=1S/C16H29NO3/c1-5-11(3)17(12(4)6-2)15(18)13-9-7-8-10-14(13)16(19)20/h11-14H,5-10H2,1-4H3,(H,19,20)/t11-,12+,13-,14-/m1/s1. The number of carbonyl (C=O) groups is 2. The highest BCUT2D eigenvalue weighted by atomic mass is 16.4. The highest BCUT2D eigenvalue weighted by Crippen LogP contribution is 2.33. The summed E-state index contributed by atoms with van der Waals surface area (Å²) in [4.78, 5) is 26.2. The normalized spacial score (nSPS) is 25.8. The molecule has 4 heteroatoms. The Kier molecular flexibility index (Phi) is 6.50. The van der Waals surface area contributed by atoms with Crippen molar-refractivity contribution >= 4 is 11.9 Å². The first-order valence-electron chi connectivity index (χ1n) is 7.98. The Bertz CT molecular complexity index is 333. The zero-order valence-electron chi connectivity index (χ0n) is 13.3. The number of hydrogen-bond acceptors (Lipinski definition) is 2. The number of aliphatic carboxylic acids is 1. The van der Waals surface area contributed by atoms with Gasteiger partial charge in [-0.2, -0.15) is 0 Å². The van der Waals surface area contributed by atoms with Gasteiger partial charge in [0.15, 0.2) is 0 Å². The first kappa shape index (κ1) is 17.0. The number of carbonyl (C=O) groups excluding carboxylic acids is 1. The molecular formula is C16H29NO3. The van der Waals surface area contributed by atoms with Gasteiger partial charge in [-0.15, -0.1) is 0 Å². The van der Waals surface area contributed by atoms with Gasteiger partial charge >= 0.3 is 5.97 Å². The molecule has 116 valence electrons. The molecule has 0 bridgehead atoms. The van der Waals surface area contributed by atoms with Gasteiger partial charge in [-0.25, -0.2) is 0 Å². The average molecular weight is 283 g/mol. The molecule has 4 nitrogen and oxygen atoms in total. The van der Waals surface area contributed by atoms with E-state index in [1.165, 1.54) is 0 Å². The Morgan fingerprint density at radius 2 is 1.50 bits per heavy atom. The van der Waals surface area contributed by atoms with Crippen LogP contribution in [0.1, 0.15) is 66.2 Å². The summed E-state index contributed by atoms with van der Waals surface area (Å²) in [7, 11) is 0. The second-order valence-corrected chi connectivity index (χ2v) is 6.10. The van der Waals surface area contributed by atoms with Gasteiger partial charge in [0.2, 0.25) is 5.91 Å². The van der Waals surface area contributed by atoms with Crippen LogP contribution in [0.25, 0.3) is 0 Å². The van der Waals surface area contributed by atoms with Crippen LogP contribution in [0, 0.1) is 11.8 Å². The predicted octanol–water partition coefficient (Wildman–Crippen LogP) is 3.30. The molecule has 0 unspecified atom stereocenters. The Morgan fingerprint density at radius 3 is 1.90 bits per heavy atom. The molecule has 0 heterocycles. The summed E-state index contributed by atoms with van der Waals surface area (Å²) >= 11 is 0. The lowest BCUT2D eigenvalue weighted by Gasteiger charge is -2.39. The van der Waals surface area contributed by atoms with Crippen molar-refractivity contribution in [3.63, 3.8) is 0 Å². The first-order valence-corrected chi connectivity index (χ1v) is 7.98. The Balaban J connectivity index is 2.94. The SMILES string of the molecule is CC[C@@H](C)N(C(=O)[C@@H]1CCCC[C@H]1C(=O)O)[C@@H](C)CC. The molecule has 1 aliphatic rings. The summed E-state index contributed by atoms with van der Waals surface area (Å²) in [6.07, 6.45) is 5.06. The first-order chi connectivity index (χ1) is 9.43. The van der Waals surface area contributed by atoms with Gasteiger partial charge in [0.05, 0.1) is 11.8 Å². The van der Waals surface area contributed by atoms with Crippen LogP contribution in [-0.2, 0) is 9.59 Å². The molecule has 0 aliphatic heterocycles. The van der Waals surface area contributed by atoms with Crippen LogP contribution >= 0.6 is 0 Å². The lowest BCUT2D eigenvalue weighted by molar-refractivity contribution is -0.154. The molecule has 0 aromatic carbocycles. The molecule has 1 amide bonds. The summed E-state index contributed by atoms with van der Waals surface area (Å²) in [6.45, 7) is 8.26. The zero-order valence-corrected chi connectivity index (χ0v) is 13.3. The van der Waals surface area contributed by atoms with Gasteiger partial charge in [0.25, 0.3) is 0 Å². The average Bonchev–Trinajstić information content (AvgIpc) is 2.46. The van der Waals surface area contributed by atoms with Crippen LogP contribution in [0.4, 0.5) is 0 Å². The van der Waals surface area contributed by atoms with Crippen molar-refractivity contribution in [3.8, 4) is 0 Å². The molecule has 0 aromatic rings. The topological polar surface area (TPSA) is 57.6 Å². The van der Waals surface area contributed by atoms with E-state index >= 15 is 0 Å². The Morgan fingerprint density at radius 1 is 1.05 bits per heavy atom. The minimum absolute atomic E-state index is 0.0563. The molecule has 1 N–H and O–H groups in total. The fourth-order valence-corrected chi connectivity index (χ4v) is 3.18. The van der Waals surface area contributed by atoms with E-state index in [0.717, 1.165) is 32.1 Å². The summed E-state index contributed by atoms with van der Waals surface area (Å²) in [6, 6.07) is 0.350. The molecular weight excluding hydrogens is 254 g/mol. The second kappa shape index (κ2) is 7.65. The van der Waals surface area contributed by atoms with E-state index in [2.05, 4.69) is 27.7 Å². The Hall–Kier alpha value is -1.06. The van der Waals surface area contributed by atoms with Crippen molar-refractivity contribution in [2.75, 3.05) is 0 Å². The van der Waals surface area contributed by atoms with Crippen LogP contribution in [0.5, 0.6) is 0 Å². The number of amides is 1. The zero-order chi connectivity index (χ0) is 15.3. The molecule has 0 saturated heterocycles. The van der Waals surface area contributed by atoms with Crippen LogP contribution < -0.4 is 0 Å². The molecule has 0 spiro atoms. The number of carboxylic acids is 1. The van der Waals surface area contributed by atoms with E-state index in [4.69, 9.17) is 0 Å². The molecule has 4 atom stereocenters. The lowest BCUT2D eigenvalue weighted by atomic mass is 9.78. The lowest BCUT2D eigenvalue weighted by Crippen LogP contribution is -2.50. The van der Waals surface area contributed by atoms with Crippen molar-refractivity contribution in [3.05, 3.63) is 0 Å². The third-order valence-electron chi connectivity index (χ3n) is 4.79. The fourth-order valence-electron chi connectivity index (χ4n) is 3.18. The molecule has 1 saturated carbocycles. The number of carboxylic acid groups (broad SMARTS) is 1. The molecule has 1 aliphatic carbocycles. The summed E-state index contributed by atoms with van der Waals surface area (Å²) < 4.78 is 0. The number of rotatable bonds is 6. The molecule has 0 aromatic heterocycles. The van der Waals surface area contributed by atoms with Gasteiger partial charge < -0.3 is 10.0 Å². The number of hydrogen-bond donors (Lipinski definition) is 1. The fraction of sp³-hybridized carbons (Fsp3) is 0.875. The van der Waals surface area contributed by atoms with E-state index in [1.807, 2.05) is 4.90 Å². The smallest absolute Gasteiger partial charge is 0.307 e. The molecule has 0 radical (unpaired) electrons. The highest BCUT2D eigenvalue weighted by molar-refractivity contribution is 5.85. The van der Waals surface area contributed by atoms with E-state index in [9.17, 15) is 14.7 Å². The summed E-state index contributed by atoms with van der Waals surface area (Å²) in [5.41, 5.74) is 0. The van der Waals surface area contributed by atoms with Crippen molar-refractivity contribution in [2.24, 2.45) is 11.8 Å². The third kappa shape index (κ3) is 3.74. The predicted molar refractivity (Wildman–Crippen MR) is 79.4 cm³/mol. The van der Waals surface area contributed by atoms with Gasteiger partial charge in [0, 0.05) is 12.1 Å². The molecule has 1 fully saturated rings. The maximum atomic E-state index is 12.9. The van der Waals surface area contributed by atoms with Crippen molar-refractivity contribution in [2.45, 2.75) is 78.3 Å². The maximum absolute atomic E-state index is 12.9. The molecule has 1 rings (SSSR count). The Labute approximate surface area is 122 Å². The van der Waals surface area contributed by atoms with Crippen molar-refractivity contribution in [1.29, 1.82) is 0 Å². The van der Waals surface area contributed by atoms with Crippen molar-refractivity contribution in [1.82, 2.24) is 4.90 Å². The van der Waals surface area contributed by atoms with Crippen LogP contribution in [0.2, 0.25) is 0 Å². The largest absolute Gasteiger partial charge is 0.481 e. The van der Waals surface area contributed by atoms with Gasteiger partial charge in [-0.05, 0) is 39.5 Å². The monoisotopic (exact) mass is 283 g/mol. The quantitative estimate of drug-likeness (QED) is 0.813. The number of nitrogens with zero attached hydrogens (tertiary/aromatic N) is 1. The van der Waals surface area contributed by atoms with Gasteiger partial charge in [-0.3, -0.25) is 9.59 Å². The van der Waals surface area contributed by atoms with E-state index < -0.39 is 11.9 Å². The summed E-state index contributed by atoms with van der Waals surface area (Å²) in [5.74, 6) is -1.58. The maximum Gasteiger partial charge on any atom is 0.307 e. The van der Waals surface area contributed by atoms with Crippen LogP contribution in [0.15, 0.2) is 0 Å². The van der Waals surface area contributed by atoms with Crippen LogP contribution in [0.3, 0.4) is 0 Å². The van der Waals surface area contributed by atoms with Gasteiger partial charge in [0.1, 0.15) is 0 Å². The molecule has 20 heavy (non-hydrogen) atoms. The minimum Gasteiger partial charge on any atom is -0.481 e. The third-order valence-corrected chi connectivity index (χ3v) is 4.79. The highest BCUT2D eigenvalue weighted by Gasteiger charge is 2.39. The summed E-state index contributed by atoms with van der Waals surface area (Å²) in [5, 5.41) is 9.36.